The second kappa shape index (κ2) is 4.95. The van der Waals surface area contributed by atoms with Crippen LogP contribution in [0.3, 0.4) is 0 Å². The number of nitrogens with one attached hydrogen (secondary N) is 3. The molecule has 0 saturated heterocycles. The number of aromatic amines is 2. The highest BCUT2D eigenvalue weighted by molar-refractivity contribution is 5.93. The summed E-state index contributed by atoms with van der Waals surface area (Å²) in [4.78, 5) is 49.6. The molecule has 0 atom stereocenters. The lowest BCUT2D eigenvalue weighted by atomic mass is 9.74. The summed E-state index contributed by atoms with van der Waals surface area (Å²) in [5.41, 5.74) is -4.10. The summed E-state index contributed by atoms with van der Waals surface area (Å²) in [6, 6.07) is 0.931. The minimum atomic E-state index is -1.25. The van der Waals surface area contributed by atoms with E-state index in [0.29, 0.717) is 0 Å². The summed E-state index contributed by atoms with van der Waals surface area (Å²) in [5, 5.41) is 11.7. The quantitative estimate of drug-likeness (QED) is 0.601. The van der Waals surface area contributed by atoms with E-state index in [1.807, 2.05) is 4.98 Å². The fraction of sp³-hybridized carbons (Fsp3) is 0.500. The molecule has 0 fully saturated rings. The molecule has 0 radical (unpaired) electrons. The number of amides is 1. The molecule has 1 rings (SSSR count). The molecule has 1 aromatic heterocycles. The molecule has 0 aliphatic heterocycles. The molecule has 8 heteroatoms. The van der Waals surface area contributed by atoms with Crippen LogP contribution in [-0.2, 0) is 4.79 Å². The average Bonchev–Trinajstić information content (AvgIpc) is 2.26. The third-order valence-electron chi connectivity index (χ3n) is 3.53. The summed E-state index contributed by atoms with van der Waals surface area (Å²) < 4.78 is 0. The minimum Gasteiger partial charge on any atom is -0.481 e. The van der Waals surface area contributed by atoms with Crippen molar-refractivity contribution in [1.82, 2.24) is 15.3 Å². The molecule has 0 aliphatic carbocycles. The molecule has 4 N–H and O–H groups in total. The molecule has 0 spiro atoms. The van der Waals surface area contributed by atoms with Crippen LogP contribution in [0.4, 0.5) is 0 Å². The van der Waals surface area contributed by atoms with Gasteiger partial charge in [-0.2, -0.15) is 0 Å². The first-order chi connectivity index (χ1) is 8.97. The van der Waals surface area contributed by atoms with Crippen LogP contribution in [-0.4, -0.2) is 32.5 Å². The zero-order chi connectivity index (χ0) is 15.7. The van der Waals surface area contributed by atoms with Crippen molar-refractivity contribution in [3.05, 3.63) is 32.6 Å². The topological polar surface area (TPSA) is 132 Å². The molecule has 0 unspecified atom stereocenters. The number of H-pyrrole nitrogens is 2. The predicted molar refractivity (Wildman–Crippen MR) is 70.6 cm³/mol. The largest absolute Gasteiger partial charge is 0.481 e. The van der Waals surface area contributed by atoms with Crippen LogP contribution in [0, 0.1) is 5.41 Å². The van der Waals surface area contributed by atoms with E-state index < -0.39 is 34.1 Å². The zero-order valence-electron chi connectivity index (χ0n) is 11.7. The van der Waals surface area contributed by atoms with E-state index in [1.165, 1.54) is 13.8 Å². The molecule has 0 bridgehead atoms. The number of aromatic nitrogens is 2. The molecule has 8 nitrogen and oxygen atoms in total. The highest BCUT2D eigenvalue weighted by Gasteiger charge is 2.44. The molecule has 110 valence electrons. The maximum atomic E-state index is 12.0. The van der Waals surface area contributed by atoms with Gasteiger partial charge in [0.25, 0.3) is 11.5 Å². The normalized spacial score (nSPS) is 12.0. The molecular weight excluding hydrogens is 266 g/mol. The van der Waals surface area contributed by atoms with Gasteiger partial charge >= 0.3 is 11.7 Å². The van der Waals surface area contributed by atoms with E-state index in [2.05, 4.69) is 10.3 Å². The Labute approximate surface area is 114 Å². The summed E-state index contributed by atoms with van der Waals surface area (Å²) in [7, 11) is 0. The van der Waals surface area contributed by atoms with Crippen LogP contribution in [0.15, 0.2) is 15.7 Å². The Hall–Kier alpha value is -2.38. The van der Waals surface area contributed by atoms with E-state index in [1.54, 1.807) is 13.8 Å². The fourth-order valence-corrected chi connectivity index (χ4v) is 1.37. The van der Waals surface area contributed by atoms with Crippen LogP contribution >= 0.6 is 0 Å². The van der Waals surface area contributed by atoms with Crippen LogP contribution in [0.25, 0.3) is 0 Å². The Kier molecular flexibility index (Phi) is 3.88. The molecular formula is C12H17N3O5. The number of hydrogen-bond donors (Lipinski definition) is 4. The van der Waals surface area contributed by atoms with Crippen molar-refractivity contribution in [2.24, 2.45) is 5.41 Å². The van der Waals surface area contributed by atoms with Gasteiger partial charge in [-0.1, -0.05) is 0 Å². The van der Waals surface area contributed by atoms with E-state index in [4.69, 9.17) is 0 Å². The van der Waals surface area contributed by atoms with Crippen LogP contribution in [0.2, 0.25) is 0 Å². The third-order valence-corrected chi connectivity index (χ3v) is 3.53. The van der Waals surface area contributed by atoms with Gasteiger partial charge in [-0.3, -0.25) is 19.4 Å². The number of carbonyl (C=O) groups excluding carboxylic acids is 1. The molecule has 20 heavy (non-hydrogen) atoms. The number of aliphatic carboxylic acids is 1. The van der Waals surface area contributed by atoms with Gasteiger partial charge in [0.1, 0.15) is 5.69 Å². The first-order valence-corrected chi connectivity index (χ1v) is 5.87. The molecule has 0 aromatic carbocycles. The maximum Gasteiger partial charge on any atom is 0.326 e. The van der Waals surface area contributed by atoms with Gasteiger partial charge in [-0.05, 0) is 27.7 Å². The van der Waals surface area contributed by atoms with E-state index >= 15 is 0 Å². The molecule has 0 saturated carbocycles. The van der Waals surface area contributed by atoms with Gasteiger partial charge in [0, 0.05) is 6.07 Å². The van der Waals surface area contributed by atoms with Crippen molar-refractivity contribution >= 4 is 11.9 Å². The number of hydrogen-bond acceptors (Lipinski definition) is 4. The molecule has 1 heterocycles. The van der Waals surface area contributed by atoms with E-state index in [0.717, 1.165) is 6.07 Å². The van der Waals surface area contributed by atoms with Crippen molar-refractivity contribution in [2.45, 2.75) is 33.2 Å². The average molecular weight is 283 g/mol. The lowest BCUT2D eigenvalue weighted by Crippen LogP contribution is -2.57. The van der Waals surface area contributed by atoms with Crippen molar-refractivity contribution in [1.29, 1.82) is 0 Å². The van der Waals surface area contributed by atoms with E-state index in [-0.39, 0.29) is 5.69 Å². The summed E-state index contributed by atoms with van der Waals surface area (Å²) in [5.74, 6) is -1.81. The van der Waals surface area contributed by atoms with Crippen LogP contribution in [0.5, 0.6) is 0 Å². The SMILES string of the molecule is CC(C)(NC(=O)c1cc(=O)[nH]c(=O)[nH]1)C(C)(C)C(=O)O. The second-order valence-corrected chi connectivity index (χ2v) is 5.51. The molecule has 1 aromatic rings. The summed E-state index contributed by atoms with van der Waals surface area (Å²) in [6.07, 6.45) is 0. The molecule has 1 amide bonds. The van der Waals surface area contributed by atoms with Crippen molar-refractivity contribution in [3.8, 4) is 0 Å². The third kappa shape index (κ3) is 2.95. The maximum absolute atomic E-state index is 12.0. The Morgan fingerprint density at radius 1 is 1.15 bits per heavy atom. The van der Waals surface area contributed by atoms with Gasteiger partial charge < -0.3 is 15.4 Å². The Morgan fingerprint density at radius 3 is 2.15 bits per heavy atom. The number of carboxylic acids is 1. The van der Waals surface area contributed by atoms with Crippen molar-refractivity contribution < 1.29 is 14.7 Å². The monoisotopic (exact) mass is 283 g/mol. The highest BCUT2D eigenvalue weighted by Crippen LogP contribution is 2.30. The van der Waals surface area contributed by atoms with Crippen LogP contribution < -0.4 is 16.6 Å². The molecule has 0 aliphatic rings. The summed E-state index contributed by atoms with van der Waals surface area (Å²) in [6.45, 7) is 6.03. The Balaban J connectivity index is 3.09. The van der Waals surface area contributed by atoms with Gasteiger partial charge in [-0.25, -0.2) is 4.79 Å². The number of carbonyl (C=O) groups is 2. The lowest BCUT2D eigenvalue weighted by Gasteiger charge is -2.38. The highest BCUT2D eigenvalue weighted by atomic mass is 16.4. The van der Waals surface area contributed by atoms with Gasteiger partial charge in [0.15, 0.2) is 0 Å². The van der Waals surface area contributed by atoms with Crippen molar-refractivity contribution in [2.75, 3.05) is 0 Å². The van der Waals surface area contributed by atoms with E-state index in [9.17, 15) is 24.3 Å². The number of carboxylic acid groups (broad SMARTS) is 1. The smallest absolute Gasteiger partial charge is 0.326 e. The van der Waals surface area contributed by atoms with Gasteiger partial charge in [0.05, 0.1) is 11.0 Å². The Bertz CT molecular complexity index is 625. The first-order valence-electron chi connectivity index (χ1n) is 5.87. The summed E-state index contributed by atoms with van der Waals surface area (Å²) >= 11 is 0. The first kappa shape index (κ1) is 15.7. The lowest BCUT2D eigenvalue weighted by molar-refractivity contribution is -0.150. The second-order valence-electron chi connectivity index (χ2n) is 5.51. The fourth-order valence-electron chi connectivity index (χ4n) is 1.37. The van der Waals surface area contributed by atoms with Crippen LogP contribution in [0.1, 0.15) is 38.2 Å². The van der Waals surface area contributed by atoms with Crippen molar-refractivity contribution in [3.63, 3.8) is 0 Å². The zero-order valence-corrected chi connectivity index (χ0v) is 11.7. The number of rotatable bonds is 4. The Morgan fingerprint density at radius 2 is 1.70 bits per heavy atom. The van der Waals surface area contributed by atoms with Gasteiger partial charge in [-0.15, -0.1) is 0 Å². The van der Waals surface area contributed by atoms with Gasteiger partial charge in [0.2, 0.25) is 0 Å². The predicted octanol–water partition coefficient (Wildman–Crippen LogP) is -0.318. The standard InChI is InChI=1S/C12H17N3O5/c1-11(2,9(18)19)12(3,4)15-8(17)6-5-7(16)14-10(20)13-6/h5H,1-4H3,(H,15,17)(H,18,19)(H2,13,14,16,20). The minimum absolute atomic E-state index is 0.229.